The van der Waals surface area contributed by atoms with Crippen molar-refractivity contribution in [3.63, 3.8) is 0 Å². The maximum absolute atomic E-state index is 13.0. The fourth-order valence-corrected chi connectivity index (χ4v) is 3.43. The number of rotatable bonds is 4. The summed E-state index contributed by atoms with van der Waals surface area (Å²) >= 11 is 12.2. The molecular weight excluding hydrogens is 387 g/mol. The number of ether oxygens (including phenoxy) is 1. The highest BCUT2D eigenvalue weighted by atomic mass is 35.5. The van der Waals surface area contributed by atoms with Crippen molar-refractivity contribution in [1.82, 2.24) is 4.98 Å². The van der Waals surface area contributed by atoms with Gasteiger partial charge in [0.2, 0.25) is 0 Å². The molecule has 4 aromatic rings. The lowest BCUT2D eigenvalue weighted by Crippen LogP contribution is -2.13. The van der Waals surface area contributed by atoms with E-state index in [2.05, 4.69) is 10.3 Å². The Balaban J connectivity index is 1.89. The van der Waals surface area contributed by atoms with Crippen molar-refractivity contribution >= 4 is 56.7 Å². The number of anilines is 1. The van der Waals surface area contributed by atoms with Gasteiger partial charge in [-0.05, 0) is 25.1 Å². The molecule has 0 spiro atoms. The summed E-state index contributed by atoms with van der Waals surface area (Å²) in [6, 6.07) is 10.9. The van der Waals surface area contributed by atoms with Gasteiger partial charge < -0.3 is 14.5 Å². The second kappa shape index (κ2) is 7.10. The van der Waals surface area contributed by atoms with E-state index in [9.17, 15) is 4.79 Å². The Hall–Kier alpha value is -2.76. The van der Waals surface area contributed by atoms with Crippen LogP contribution in [-0.4, -0.2) is 17.5 Å². The molecule has 0 aliphatic carbocycles. The zero-order chi connectivity index (χ0) is 19.0. The summed E-state index contributed by atoms with van der Waals surface area (Å²) in [4.78, 5) is 16.9. The molecule has 27 heavy (non-hydrogen) atoms. The Morgan fingerprint density at radius 3 is 2.63 bits per heavy atom. The van der Waals surface area contributed by atoms with Crippen LogP contribution in [0.1, 0.15) is 17.3 Å². The Morgan fingerprint density at radius 2 is 1.89 bits per heavy atom. The second-order valence-corrected chi connectivity index (χ2v) is 6.59. The van der Waals surface area contributed by atoms with Crippen LogP contribution in [0.3, 0.4) is 0 Å². The van der Waals surface area contributed by atoms with Crippen LogP contribution < -0.4 is 10.1 Å². The van der Waals surface area contributed by atoms with Crippen molar-refractivity contribution in [3.8, 4) is 5.75 Å². The number of hydrogen-bond acceptors (Lipinski definition) is 4. The number of benzene rings is 2. The number of carbonyl (C=O) groups excluding carboxylic acids is 1. The number of furan rings is 1. The molecule has 1 amide bonds. The highest BCUT2D eigenvalue weighted by molar-refractivity contribution is 6.40. The summed E-state index contributed by atoms with van der Waals surface area (Å²) in [6.07, 6.45) is 2.84. The number of halogens is 2. The lowest BCUT2D eigenvalue weighted by atomic mass is 10.0. The number of para-hydroxylation sites is 1. The van der Waals surface area contributed by atoms with Crippen LogP contribution >= 0.6 is 23.2 Å². The molecule has 4 rings (SSSR count). The number of pyridine rings is 1. The Bertz CT molecular complexity index is 1150. The van der Waals surface area contributed by atoms with Crippen LogP contribution in [0.15, 0.2) is 53.2 Å². The molecule has 0 saturated heterocycles. The molecule has 2 aromatic carbocycles. The van der Waals surface area contributed by atoms with Crippen LogP contribution in [0.5, 0.6) is 5.75 Å². The van der Waals surface area contributed by atoms with Crippen LogP contribution in [-0.2, 0) is 0 Å². The molecule has 136 valence electrons. The van der Waals surface area contributed by atoms with Crippen molar-refractivity contribution in [3.05, 3.63) is 64.4 Å². The number of fused-ring (bicyclic) bond motifs is 3. The van der Waals surface area contributed by atoms with Crippen LogP contribution in [0, 0.1) is 0 Å². The van der Waals surface area contributed by atoms with Gasteiger partial charge >= 0.3 is 0 Å². The molecule has 2 heterocycles. The fraction of sp³-hybridized carbons (Fsp3) is 0.100. The molecule has 5 nitrogen and oxygen atoms in total. The van der Waals surface area contributed by atoms with Gasteiger partial charge in [-0.2, -0.15) is 0 Å². The minimum absolute atomic E-state index is 0.259. The summed E-state index contributed by atoms with van der Waals surface area (Å²) in [6.45, 7) is 2.38. The predicted octanol–water partition coefficient (Wildman–Crippen LogP) is 5.94. The van der Waals surface area contributed by atoms with Crippen molar-refractivity contribution in [2.45, 2.75) is 6.92 Å². The first kappa shape index (κ1) is 17.6. The average Bonchev–Trinajstić information content (AvgIpc) is 3.05. The number of amides is 1. The molecule has 7 heteroatoms. The monoisotopic (exact) mass is 400 g/mol. The Morgan fingerprint density at radius 1 is 1.15 bits per heavy atom. The average molecular weight is 401 g/mol. The van der Waals surface area contributed by atoms with E-state index in [0.717, 1.165) is 5.39 Å². The molecule has 2 aromatic heterocycles. The van der Waals surface area contributed by atoms with Gasteiger partial charge in [-0.1, -0.05) is 41.4 Å². The molecule has 0 fully saturated rings. The number of aromatic nitrogens is 1. The first-order chi connectivity index (χ1) is 13.1. The van der Waals surface area contributed by atoms with Gasteiger partial charge in [0.25, 0.3) is 5.91 Å². The van der Waals surface area contributed by atoms with Gasteiger partial charge in [-0.3, -0.25) is 9.78 Å². The van der Waals surface area contributed by atoms with E-state index in [4.69, 9.17) is 32.4 Å². The molecule has 0 radical (unpaired) electrons. The summed E-state index contributed by atoms with van der Waals surface area (Å²) in [5, 5.41) is 4.79. The number of nitrogens with one attached hydrogen (secondary N) is 1. The van der Waals surface area contributed by atoms with E-state index in [1.165, 1.54) is 12.4 Å². The van der Waals surface area contributed by atoms with Gasteiger partial charge in [-0.25, -0.2) is 0 Å². The molecule has 0 atom stereocenters. The van der Waals surface area contributed by atoms with E-state index in [1.807, 2.05) is 31.2 Å². The van der Waals surface area contributed by atoms with Crippen molar-refractivity contribution in [2.75, 3.05) is 11.9 Å². The van der Waals surface area contributed by atoms with Gasteiger partial charge in [0.15, 0.2) is 11.3 Å². The molecule has 0 unspecified atom stereocenters. The third-order valence-corrected chi connectivity index (χ3v) is 4.70. The van der Waals surface area contributed by atoms with Gasteiger partial charge in [0, 0.05) is 23.2 Å². The third-order valence-electron chi connectivity index (χ3n) is 4.13. The normalized spacial score (nSPS) is 11.1. The summed E-state index contributed by atoms with van der Waals surface area (Å²) in [7, 11) is 0. The van der Waals surface area contributed by atoms with E-state index < -0.39 is 0 Å². The summed E-state index contributed by atoms with van der Waals surface area (Å²) in [5.74, 6) is 0.227. The maximum atomic E-state index is 13.0. The predicted molar refractivity (Wildman–Crippen MR) is 107 cm³/mol. The maximum Gasteiger partial charge on any atom is 0.256 e. The summed E-state index contributed by atoms with van der Waals surface area (Å²) < 4.78 is 11.6. The van der Waals surface area contributed by atoms with E-state index >= 15 is 0 Å². The first-order valence-electron chi connectivity index (χ1n) is 8.27. The Labute approximate surface area is 164 Å². The van der Waals surface area contributed by atoms with Gasteiger partial charge in [0.05, 0.1) is 27.9 Å². The van der Waals surface area contributed by atoms with Crippen LogP contribution in [0.4, 0.5) is 5.69 Å². The lowest BCUT2D eigenvalue weighted by molar-refractivity contribution is 0.102. The van der Waals surface area contributed by atoms with Crippen LogP contribution in [0.25, 0.3) is 21.9 Å². The van der Waals surface area contributed by atoms with E-state index in [0.29, 0.717) is 40.2 Å². The standard InChI is InChI=1S/C20H14Cl2N2O3/c1-2-26-16-8-7-12(17-11-5-3-4-6-15(11)27-19(16)17)20(25)24-18-13(21)9-23-10-14(18)22/h3-10H,2H2,1H3,(H,23,24,25). The number of hydrogen-bond donors (Lipinski definition) is 1. The molecule has 0 saturated carbocycles. The van der Waals surface area contributed by atoms with Crippen molar-refractivity contribution < 1.29 is 13.9 Å². The SMILES string of the molecule is CCOc1ccc(C(=O)Nc2c(Cl)cncc2Cl)c2c1oc1ccccc12. The topological polar surface area (TPSA) is 64.4 Å². The third kappa shape index (κ3) is 3.09. The van der Waals surface area contributed by atoms with Gasteiger partial charge in [0.1, 0.15) is 5.58 Å². The zero-order valence-electron chi connectivity index (χ0n) is 14.3. The Kier molecular flexibility index (Phi) is 4.64. The van der Waals surface area contributed by atoms with Crippen LogP contribution in [0.2, 0.25) is 10.0 Å². The number of carbonyl (C=O) groups is 1. The largest absolute Gasteiger partial charge is 0.490 e. The first-order valence-corrected chi connectivity index (χ1v) is 9.03. The second-order valence-electron chi connectivity index (χ2n) is 5.78. The summed E-state index contributed by atoms with van der Waals surface area (Å²) in [5.41, 5.74) is 1.95. The minimum Gasteiger partial charge on any atom is -0.490 e. The molecule has 0 aliphatic heterocycles. The lowest BCUT2D eigenvalue weighted by Gasteiger charge is -2.11. The van der Waals surface area contributed by atoms with E-state index in [-0.39, 0.29) is 16.0 Å². The number of nitrogens with zero attached hydrogens (tertiary/aromatic N) is 1. The molecule has 0 aliphatic rings. The molecule has 0 bridgehead atoms. The van der Waals surface area contributed by atoms with Crippen molar-refractivity contribution in [2.24, 2.45) is 0 Å². The van der Waals surface area contributed by atoms with E-state index in [1.54, 1.807) is 12.1 Å². The fourth-order valence-electron chi connectivity index (χ4n) is 2.97. The highest BCUT2D eigenvalue weighted by Gasteiger charge is 2.21. The highest BCUT2D eigenvalue weighted by Crippen LogP contribution is 2.38. The zero-order valence-corrected chi connectivity index (χ0v) is 15.8. The quantitative estimate of drug-likeness (QED) is 0.460. The van der Waals surface area contributed by atoms with Crippen molar-refractivity contribution in [1.29, 1.82) is 0 Å². The van der Waals surface area contributed by atoms with Gasteiger partial charge in [-0.15, -0.1) is 0 Å². The minimum atomic E-state index is -0.357. The molecule has 1 N–H and O–H groups in total. The smallest absolute Gasteiger partial charge is 0.256 e. The molecular formula is C20H14Cl2N2O3.